The maximum atomic E-state index is 12.9. The second-order valence-electron chi connectivity index (χ2n) is 6.74. The molecule has 0 aliphatic carbocycles. The largest absolute Gasteiger partial charge is 0.342 e. The van der Waals surface area contributed by atoms with Crippen molar-refractivity contribution < 1.29 is 9.59 Å². The third-order valence-electron chi connectivity index (χ3n) is 4.85. The van der Waals surface area contributed by atoms with Crippen molar-refractivity contribution in [3.63, 3.8) is 0 Å². The van der Waals surface area contributed by atoms with Crippen LogP contribution in [0.25, 0.3) is 0 Å². The summed E-state index contributed by atoms with van der Waals surface area (Å²) in [5, 5.41) is -0.116. The lowest BCUT2D eigenvalue weighted by molar-refractivity contribution is -0.132. The van der Waals surface area contributed by atoms with Gasteiger partial charge in [0.15, 0.2) is 0 Å². The van der Waals surface area contributed by atoms with E-state index in [2.05, 4.69) is 20.8 Å². The number of rotatable bonds is 7. The summed E-state index contributed by atoms with van der Waals surface area (Å²) in [4.78, 5) is 32.3. The van der Waals surface area contributed by atoms with E-state index in [4.69, 9.17) is 0 Å². The van der Waals surface area contributed by atoms with Crippen molar-refractivity contribution in [3.05, 3.63) is 28.7 Å². The first-order chi connectivity index (χ1) is 12.9. The van der Waals surface area contributed by atoms with Crippen LogP contribution in [0.2, 0.25) is 0 Å². The molecule has 0 saturated carbocycles. The highest BCUT2D eigenvalue weighted by molar-refractivity contribution is 9.10. The van der Waals surface area contributed by atoms with Gasteiger partial charge in [-0.1, -0.05) is 15.9 Å². The van der Waals surface area contributed by atoms with Gasteiger partial charge in [0.2, 0.25) is 11.8 Å². The molecule has 150 valence electrons. The normalized spacial score (nSPS) is 16.7. The Morgan fingerprint density at radius 3 is 2.41 bits per heavy atom. The van der Waals surface area contributed by atoms with Crippen molar-refractivity contribution in [1.29, 1.82) is 0 Å². The van der Waals surface area contributed by atoms with Gasteiger partial charge < -0.3 is 9.80 Å². The molecular weight excluding hydrogens is 426 g/mol. The monoisotopic (exact) mass is 455 g/mol. The van der Waals surface area contributed by atoms with Gasteiger partial charge in [-0.2, -0.15) is 0 Å². The predicted molar refractivity (Wildman–Crippen MR) is 115 cm³/mol. The van der Waals surface area contributed by atoms with Crippen LogP contribution >= 0.6 is 27.7 Å². The lowest BCUT2D eigenvalue weighted by Crippen LogP contribution is -2.42. The van der Waals surface area contributed by atoms with Gasteiger partial charge in [0.1, 0.15) is 0 Å². The number of halogens is 1. The van der Waals surface area contributed by atoms with Gasteiger partial charge in [0.25, 0.3) is 0 Å². The molecule has 1 aromatic rings. The van der Waals surface area contributed by atoms with Crippen molar-refractivity contribution in [2.45, 2.75) is 37.3 Å². The van der Waals surface area contributed by atoms with E-state index in [1.807, 2.05) is 54.8 Å². The molecule has 2 amide bonds. The van der Waals surface area contributed by atoms with Gasteiger partial charge in [-0.3, -0.25) is 14.5 Å². The second kappa shape index (κ2) is 11.1. The molecule has 0 radical (unpaired) electrons. The summed E-state index contributed by atoms with van der Waals surface area (Å²) in [6, 6.07) is 8.05. The van der Waals surface area contributed by atoms with Crippen LogP contribution in [0.4, 0.5) is 0 Å². The van der Waals surface area contributed by atoms with Crippen molar-refractivity contribution in [3.8, 4) is 0 Å². The van der Waals surface area contributed by atoms with Gasteiger partial charge >= 0.3 is 0 Å². The van der Waals surface area contributed by atoms with Gasteiger partial charge in [0, 0.05) is 48.6 Å². The minimum absolute atomic E-state index is 0.116. The SMILES string of the molecule is CCN(CC)C(=O)CN1CCCN(C(=O)C(C)Sc2ccc(Br)cc2)CC1. The lowest BCUT2D eigenvalue weighted by Gasteiger charge is -2.26. The number of likely N-dealkylation sites (N-methyl/N-ethyl adjacent to an activating group) is 1. The van der Waals surface area contributed by atoms with E-state index >= 15 is 0 Å². The maximum Gasteiger partial charge on any atom is 0.236 e. The van der Waals surface area contributed by atoms with Crippen LogP contribution in [0, 0.1) is 0 Å². The molecule has 2 rings (SSSR count). The first-order valence-electron chi connectivity index (χ1n) is 9.65. The third kappa shape index (κ3) is 6.80. The Morgan fingerprint density at radius 1 is 1.11 bits per heavy atom. The van der Waals surface area contributed by atoms with E-state index in [1.54, 1.807) is 11.8 Å². The van der Waals surface area contributed by atoms with Crippen molar-refractivity contribution in [2.75, 3.05) is 45.8 Å². The van der Waals surface area contributed by atoms with Gasteiger partial charge in [-0.15, -0.1) is 11.8 Å². The van der Waals surface area contributed by atoms with Crippen LogP contribution in [0.1, 0.15) is 27.2 Å². The van der Waals surface area contributed by atoms with E-state index in [0.717, 1.165) is 48.5 Å². The summed E-state index contributed by atoms with van der Waals surface area (Å²) >= 11 is 5.03. The van der Waals surface area contributed by atoms with E-state index in [0.29, 0.717) is 13.1 Å². The van der Waals surface area contributed by atoms with Crippen LogP contribution in [0.15, 0.2) is 33.6 Å². The summed E-state index contributed by atoms with van der Waals surface area (Å²) in [5.74, 6) is 0.360. The zero-order chi connectivity index (χ0) is 19.8. The van der Waals surface area contributed by atoms with E-state index in [-0.39, 0.29) is 17.1 Å². The topological polar surface area (TPSA) is 43.9 Å². The minimum atomic E-state index is -0.116. The Kier molecular flexibility index (Phi) is 9.12. The number of nitrogens with zero attached hydrogens (tertiary/aromatic N) is 3. The Balaban J connectivity index is 1.86. The summed E-state index contributed by atoms with van der Waals surface area (Å²) in [5.41, 5.74) is 0. The molecule has 1 aliphatic rings. The molecule has 0 bridgehead atoms. The molecule has 1 fully saturated rings. The lowest BCUT2D eigenvalue weighted by atomic mass is 10.3. The van der Waals surface area contributed by atoms with Crippen LogP contribution in [0.5, 0.6) is 0 Å². The van der Waals surface area contributed by atoms with Crippen LogP contribution in [0.3, 0.4) is 0 Å². The summed E-state index contributed by atoms with van der Waals surface area (Å²) in [6.07, 6.45) is 0.910. The molecule has 1 aliphatic heterocycles. The zero-order valence-corrected chi connectivity index (χ0v) is 18.9. The van der Waals surface area contributed by atoms with Crippen LogP contribution < -0.4 is 0 Å². The molecule has 0 aromatic heterocycles. The highest BCUT2D eigenvalue weighted by Gasteiger charge is 2.25. The van der Waals surface area contributed by atoms with Crippen molar-refractivity contribution in [1.82, 2.24) is 14.7 Å². The maximum absolute atomic E-state index is 12.9. The molecule has 0 N–H and O–H groups in total. The molecule has 7 heteroatoms. The third-order valence-corrected chi connectivity index (χ3v) is 6.48. The van der Waals surface area contributed by atoms with E-state index in [9.17, 15) is 9.59 Å². The highest BCUT2D eigenvalue weighted by atomic mass is 79.9. The predicted octanol–water partition coefficient (Wildman–Crippen LogP) is 3.33. The molecule has 0 spiro atoms. The molecule has 27 heavy (non-hydrogen) atoms. The molecule has 1 heterocycles. The summed E-state index contributed by atoms with van der Waals surface area (Å²) < 4.78 is 1.04. The Morgan fingerprint density at radius 2 is 1.78 bits per heavy atom. The highest BCUT2D eigenvalue weighted by Crippen LogP contribution is 2.26. The number of hydrogen-bond acceptors (Lipinski definition) is 4. The first-order valence-corrected chi connectivity index (χ1v) is 11.3. The number of hydrogen-bond donors (Lipinski definition) is 0. The average molecular weight is 456 g/mol. The average Bonchev–Trinajstić information content (AvgIpc) is 2.89. The summed E-state index contributed by atoms with van der Waals surface area (Å²) in [7, 11) is 0. The molecular formula is C20H30BrN3O2S. The summed E-state index contributed by atoms with van der Waals surface area (Å²) in [6.45, 7) is 11.0. The van der Waals surface area contributed by atoms with Crippen LogP contribution in [-0.2, 0) is 9.59 Å². The van der Waals surface area contributed by atoms with Gasteiger partial charge in [-0.25, -0.2) is 0 Å². The fraction of sp³-hybridized carbons (Fsp3) is 0.600. The molecule has 5 nitrogen and oxygen atoms in total. The number of thioether (sulfide) groups is 1. The number of amides is 2. The van der Waals surface area contributed by atoms with E-state index < -0.39 is 0 Å². The Bertz CT molecular complexity index is 622. The number of carbonyl (C=O) groups is 2. The molecule has 1 aromatic carbocycles. The fourth-order valence-electron chi connectivity index (χ4n) is 3.24. The van der Waals surface area contributed by atoms with Crippen molar-refractivity contribution in [2.24, 2.45) is 0 Å². The Labute approximate surface area is 175 Å². The number of carbonyl (C=O) groups excluding carboxylic acids is 2. The second-order valence-corrected chi connectivity index (χ2v) is 9.06. The van der Waals surface area contributed by atoms with Crippen molar-refractivity contribution >= 4 is 39.5 Å². The molecule has 1 unspecified atom stereocenters. The number of benzene rings is 1. The Hall–Kier alpha value is -1.05. The smallest absolute Gasteiger partial charge is 0.236 e. The quantitative estimate of drug-likeness (QED) is 0.591. The zero-order valence-electron chi connectivity index (χ0n) is 16.5. The van der Waals surface area contributed by atoms with Gasteiger partial charge in [-0.05, 0) is 51.5 Å². The molecule has 1 atom stereocenters. The standard InChI is InChI=1S/C20H30BrN3O2S/c1-4-23(5-2)19(25)15-22-11-6-12-24(14-13-22)20(26)16(3)27-18-9-7-17(21)8-10-18/h7-10,16H,4-6,11-15H2,1-3H3. The van der Waals surface area contributed by atoms with Crippen LogP contribution in [-0.4, -0.2) is 77.6 Å². The van der Waals surface area contributed by atoms with E-state index in [1.165, 1.54) is 0 Å². The molecule has 1 saturated heterocycles. The fourth-order valence-corrected chi connectivity index (χ4v) is 4.46. The minimum Gasteiger partial charge on any atom is -0.342 e. The van der Waals surface area contributed by atoms with Gasteiger partial charge in [0.05, 0.1) is 11.8 Å². The first kappa shape index (κ1) is 22.2.